The van der Waals surface area contributed by atoms with E-state index in [1.165, 1.54) is 18.5 Å². The summed E-state index contributed by atoms with van der Waals surface area (Å²) in [7, 11) is 0. The first-order chi connectivity index (χ1) is 12.3. The predicted octanol–water partition coefficient (Wildman–Crippen LogP) is 3.32. The topological polar surface area (TPSA) is 50.3 Å². The lowest BCUT2D eigenvalue weighted by Gasteiger charge is -2.47. The normalized spacial score (nSPS) is 21.7. The fraction of sp³-hybridized carbons (Fsp3) is 0.500. The van der Waals surface area contributed by atoms with Crippen molar-refractivity contribution in [1.29, 1.82) is 0 Å². The van der Waals surface area contributed by atoms with Crippen LogP contribution in [-0.2, 0) is 11.3 Å². The summed E-state index contributed by atoms with van der Waals surface area (Å²) in [6.45, 7) is 5.71. The largest absolute Gasteiger partial charge is 0.381 e. The Kier molecular flexibility index (Phi) is 4.95. The molecule has 0 radical (unpaired) electrons. The summed E-state index contributed by atoms with van der Waals surface area (Å²) in [5, 5.41) is 3.45. The van der Waals surface area contributed by atoms with Gasteiger partial charge in [0.15, 0.2) is 0 Å². The molecular weight excluding hydrogens is 312 g/mol. The Balaban J connectivity index is 1.45. The van der Waals surface area contributed by atoms with Crippen LogP contribution in [0.1, 0.15) is 42.4 Å². The summed E-state index contributed by atoms with van der Waals surface area (Å²) in [6, 6.07) is 13.6. The second-order valence-corrected chi connectivity index (χ2v) is 6.95. The van der Waals surface area contributed by atoms with Crippen LogP contribution in [0, 0.1) is 6.92 Å². The molecule has 1 aromatic heterocycles. The van der Waals surface area contributed by atoms with Gasteiger partial charge in [-0.25, -0.2) is 9.97 Å². The van der Waals surface area contributed by atoms with E-state index in [2.05, 4.69) is 45.5 Å². The highest BCUT2D eigenvalue weighted by Crippen LogP contribution is 2.37. The van der Waals surface area contributed by atoms with Gasteiger partial charge >= 0.3 is 0 Å². The molecule has 0 unspecified atom stereocenters. The molecule has 0 amide bonds. The average Bonchev–Trinajstić information content (AvgIpc) is 2.60. The van der Waals surface area contributed by atoms with Gasteiger partial charge in [0.1, 0.15) is 11.6 Å². The van der Waals surface area contributed by atoms with Crippen LogP contribution in [0.2, 0.25) is 0 Å². The van der Waals surface area contributed by atoms with Gasteiger partial charge in [-0.3, -0.25) is 4.90 Å². The second-order valence-electron chi connectivity index (χ2n) is 6.95. The number of aryl methyl sites for hydroxylation is 1. The predicted molar refractivity (Wildman–Crippen MR) is 98.4 cm³/mol. The minimum absolute atomic E-state index is 0.432. The summed E-state index contributed by atoms with van der Waals surface area (Å²) in [5.41, 5.74) is 2.41. The monoisotopic (exact) mass is 338 g/mol. The lowest BCUT2D eigenvalue weighted by Crippen LogP contribution is -2.50. The van der Waals surface area contributed by atoms with E-state index < -0.39 is 0 Å². The Morgan fingerprint density at radius 3 is 2.64 bits per heavy atom. The zero-order chi connectivity index (χ0) is 17.1. The number of benzene rings is 1. The quantitative estimate of drug-likeness (QED) is 0.906. The molecule has 0 spiro atoms. The fourth-order valence-electron chi connectivity index (χ4n) is 3.82. The highest BCUT2D eigenvalue weighted by Gasteiger charge is 2.36. The van der Waals surface area contributed by atoms with Crippen LogP contribution in [0.5, 0.6) is 0 Å². The van der Waals surface area contributed by atoms with Gasteiger partial charge in [-0.15, -0.1) is 0 Å². The van der Waals surface area contributed by atoms with Crippen molar-refractivity contribution in [3.05, 3.63) is 53.5 Å². The molecule has 1 atom stereocenters. The molecule has 3 heterocycles. The molecule has 0 saturated carbocycles. The highest BCUT2D eigenvalue weighted by atomic mass is 16.5. The molecule has 1 aromatic carbocycles. The number of anilines is 1. The Morgan fingerprint density at radius 1 is 1.12 bits per heavy atom. The van der Waals surface area contributed by atoms with Crippen molar-refractivity contribution in [3.8, 4) is 0 Å². The Labute approximate surface area is 149 Å². The molecule has 25 heavy (non-hydrogen) atoms. The highest BCUT2D eigenvalue weighted by molar-refractivity contribution is 5.38. The minimum Gasteiger partial charge on any atom is -0.381 e. The molecule has 1 N–H and O–H groups in total. The van der Waals surface area contributed by atoms with Crippen molar-refractivity contribution >= 4 is 5.82 Å². The van der Waals surface area contributed by atoms with Crippen LogP contribution in [0.4, 0.5) is 5.82 Å². The van der Waals surface area contributed by atoms with E-state index >= 15 is 0 Å². The van der Waals surface area contributed by atoms with Gasteiger partial charge < -0.3 is 10.1 Å². The van der Waals surface area contributed by atoms with Crippen LogP contribution in [0.25, 0.3) is 0 Å². The Hall–Kier alpha value is -1.98. The number of likely N-dealkylation sites (tertiary alicyclic amines) is 1. The third-order valence-electron chi connectivity index (χ3n) is 5.24. The molecule has 4 rings (SSSR count). The second kappa shape index (κ2) is 7.50. The maximum atomic E-state index is 5.51. The molecule has 2 saturated heterocycles. The lowest BCUT2D eigenvalue weighted by molar-refractivity contribution is -0.0257. The van der Waals surface area contributed by atoms with Crippen molar-refractivity contribution in [2.75, 3.05) is 25.1 Å². The first-order valence-corrected chi connectivity index (χ1v) is 9.26. The maximum Gasteiger partial charge on any atom is 0.130 e. The molecule has 0 aliphatic carbocycles. The van der Waals surface area contributed by atoms with Crippen LogP contribution < -0.4 is 5.32 Å². The van der Waals surface area contributed by atoms with Gasteiger partial charge in [-0.2, -0.15) is 0 Å². The summed E-state index contributed by atoms with van der Waals surface area (Å²) in [4.78, 5) is 11.9. The summed E-state index contributed by atoms with van der Waals surface area (Å²) in [6.07, 6.45) is 3.46. The molecule has 132 valence electrons. The van der Waals surface area contributed by atoms with Crippen molar-refractivity contribution in [3.63, 3.8) is 0 Å². The van der Waals surface area contributed by atoms with Gasteiger partial charge in [0.05, 0.1) is 11.7 Å². The molecule has 0 bridgehead atoms. The van der Waals surface area contributed by atoms with E-state index in [1.54, 1.807) is 0 Å². The number of aromatic nitrogens is 2. The average molecular weight is 338 g/mol. The van der Waals surface area contributed by atoms with Crippen molar-refractivity contribution < 1.29 is 4.74 Å². The van der Waals surface area contributed by atoms with Crippen LogP contribution in [0.3, 0.4) is 0 Å². The molecular formula is C20H26N4O. The Morgan fingerprint density at radius 2 is 1.92 bits per heavy atom. The SMILES string of the molecule is Cc1nc(NCc2ccccc2)cc([C@H]2CCN2C2CCOCC2)n1. The summed E-state index contributed by atoms with van der Waals surface area (Å²) < 4.78 is 5.51. The van der Waals surface area contributed by atoms with Crippen molar-refractivity contribution in [2.24, 2.45) is 0 Å². The number of nitrogens with one attached hydrogen (secondary N) is 1. The van der Waals surface area contributed by atoms with E-state index in [4.69, 9.17) is 9.72 Å². The number of rotatable bonds is 5. The van der Waals surface area contributed by atoms with Crippen molar-refractivity contribution in [1.82, 2.24) is 14.9 Å². The van der Waals surface area contributed by atoms with Crippen molar-refractivity contribution in [2.45, 2.75) is 44.8 Å². The van der Waals surface area contributed by atoms with Crippen LogP contribution in [0.15, 0.2) is 36.4 Å². The zero-order valence-corrected chi connectivity index (χ0v) is 14.8. The van der Waals surface area contributed by atoms with Crippen LogP contribution >= 0.6 is 0 Å². The standard InChI is InChI=1S/C20H26N4O/c1-15-22-18(19-7-10-24(19)17-8-11-25-12-9-17)13-20(23-15)21-14-16-5-3-2-4-6-16/h2-6,13,17,19H,7-12,14H2,1H3,(H,21,22,23)/t19-/m1/s1. The first kappa shape index (κ1) is 16.5. The molecule has 2 fully saturated rings. The van der Waals surface area contributed by atoms with Gasteiger partial charge in [-0.1, -0.05) is 30.3 Å². The van der Waals surface area contributed by atoms with Gasteiger partial charge in [0.2, 0.25) is 0 Å². The van der Waals surface area contributed by atoms with Gasteiger partial charge in [0, 0.05) is 38.4 Å². The van der Waals surface area contributed by atoms with E-state index in [-0.39, 0.29) is 0 Å². The molecule has 5 heteroatoms. The van der Waals surface area contributed by atoms with Crippen LogP contribution in [-0.4, -0.2) is 40.7 Å². The third-order valence-corrected chi connectivity index (χ3v) is 5.24. The zero-order valence-electron chi connectivity index (χ0n) is 14.8. The van der Waals surface area contributed by atoms with E-state index in [0.717, 1.165) is 49.9 Å². The first-order valence-electron chi connectivity index (χ1n) is 9.26. The molecule has 2 aliphatic heterocycles. The Bertz CT molecular complexity index is 700. The smallest absolute Gasteiger partial charge is 0.130 e. The molecule has 2 aliphatic rings. The number of hydrogen-bond acceptors (Lipinski definition) is 5. The van der Waals surface area contributed by atoms with E-state index in [9.17, 15) is 0 Å². The number of ether oxygens (including phenoxy) is 1. The van der Waals surface area contributed by atoms with Gasteiger partial charge in [0.25, 0.3) is 0 Å². The van der Waals surface area contributed by atoms with E-state index in [0.29, 0.717) is 12.1 Å². The summed E-state index contributed by atoms with van der Waals surface area (Å²) >= 11 is 0. The minimum atomic E-state index is 0.432. The summed E-state index contributed by atoms with van der Waals surface area (Å²) in [5.74, 6) is 1.76. The fourth-order valence-corrected chi connectivity index (χ4v) is 3.82. The van der Waals surface area contributed by atoms with E-state index in [1.807, 2.05) is 13.0 Å². The van der Waals surface area contributed by atoms with Gasteiger partial charge in [-0.05, 0) is 31.7 Å². The number of hydrogen-bond donors (Lipinski definition) is 1. The lowest BCUT2D eigenvalue weighted by atomic mass is 9.93. The molecule has 2 aromatic rings. The third kappa shape index (κ3) is 3.83. The molecule has 5 nitrogen and oxygen atoms in total. The number of nitrogens with zero attached hydrogens (tertiary/aromatic N) is 3. The maximum absolute atomic E-state index is 5.51.